The van der Waals surface area contributed by atoms with Crippen molar-refractivity contribution in [3.63, 3.8) is 0 Å². The highest BCUT2D eigenvalue weighted by Gasteiger charge is 2.31. The standard InChI is InChI=1S/C24H23F3N4O3/c1-14(15-4-3-5-16(10-15)24(25,26)27)29-23-18-11-21(34-17-7-9-33-13-17)20(32-2)12-19(18)31-22(30-23)6-8-28-31/h3-6,8,10-12,14,17H,7,9,13H2,1-2H3,(H,29,30)/t14?,17-/m0/s1. The van der Waals surface area contributed by atoms with Gasteiger partial charge in [-0.2, -0.15) is 18.3 Å². The second-order valence-corrected chi connectivity index (χ2v) is 8.17. The van der Waals surface area contributed by atoms with E-state index in [1.165, 1.54) is 6.07 Å². The molecule has 0 amide bonds. The predicted octanol–water partition coefficient (Wildman–Crippen LogP) is 5.25. The molecule has 0 bridgehead atoms. The zero-order chi connectivity index (χ0) is 23.9. The Bertz CT molecular complexity index is 1330. The smallest absolute Gasteiger partial charge is 0.416 e. The molecule has 2 atom stereocenters. The Balaban J connectivity index is 1.57. The third kappa shape index (κ3) is 4.21. The molecular formula is C24H23F3N4O3. The average molecular weight is 472 g/mol. The van der Waals surface area contributed by atoms with Crippen molar-refractivity contribution >= 4 is 22.4 Å². The van der Waals surface area contributed by atoms with Gasteiger partial charge in [0.05, 0.1) is 37.6 Å². The number of methoxy groups -OCH3 is 1. The molecule has 4 aromatic rings. The first kappa shape index (κ1) is 22.3. The summed E-state index contributed by atoms with van der Waals surface area (Å²) in [4.78, 5) is 4.67. The Hall–Kier alpha value is -3.53. The molecule has 3 heterocycles. The van der Waals surface area contributed by atoms with Gasteiger partial charge >= 0.3 is 6.18 Å². The average Bonchev–Trinajstić information content (AvgIpc) is 3.50. The van der Waals surface area contributed by atoms with E-state index in [2.05, 4.69) is 15.4 Å². The van der Waals surface area contributed by atoms with Gasteiger partial charge in [0.1, 0.15) is 11.9 Å². The number of alkyl halides is 3. The summed E-state index contributed by atoms with van der Waals surface area (Å²) in [6.45, 7) is 2.92. The zero-order valence-electron chi connectivity index (χ0n) is 18.6. The quantitative estimate of drug-likeness (QED) is 0.413. The molecule has 34 heavy (non-hydrogen) atoms. The van der Waals surface area contributed by atoms with Gasteiger partial charge in [-0.05, 0) is 30.7 Å². The van der Waals surface area contributed by atoms with Crippen molar-refractivity contribution < 1.29 is 27.4 Å². The summed E-state index contributed by atoms with van der Waals surface area (Å²) in [5.74, 6) is 1.58. The molecule has 1 unspecified atom stereocenters. The largest absolute Gasteiger partial charge is 0.493 e. The van der Waals surface area contributed by atoms with Crippen LogP contribution < -0.4 is 14.8 Å². The number of nitrogens with zero attached hydrogens (tertiary/aromatic N) is 3. The molecule has 178 valence electrons. The van der Waals surface area contributed by atoms with Crippen molar-refractivity contribution in [2.24, 2.45) is 0 Å². The molecule has 2 aromatic heterocycles. The Morgan fingerprint density at radius 3 is 2.76 bits per heavy atom. The molecule has 0 aliphatic carbocycles. The molecule has 10 heteroatoms. The number of nitrogens with one attached hydrogen (secondary N) is 1. The maximum atomic E-state index is 13.2. The van der Waals surface area contributed by atoms with Gasteiger partial charge in [0.15, 0.2) is 17.1 Å². The van der Waals surface area contributed by atoms with Gasteiger partial charge in [0, 0.05) is 30.0 Å². The number of halogens is 3. The summed E-state index contributed by atoms with van der Waals surface area (Å²) in [6.07, 6.45) is -2.10. The number of fused-ring (bicyclic) bond motifs is 3. The van der Waals surface area contributed by atoms with Gasteiger partial charge < -0.3 is 19.5 Å². The van der Waals surface area contributed by atoms with Crippen molar-refractivity contribution in [1.29, 1.82) is 0 Å². The molecule has 0 radical (unpaired) electrons. The molecule has 1 N–H and O–H groups in total. The van der Waals surface area contributed by atoms with E-state index in [1.807, 2.05) is 12.1 Å². The first-order valence-electron chi connectivity index (χ1n) is 10.9. The zero-order valence-corrected chi connectivity index (χ0v) is 18.6. The Kier molecular flexibility index (Phi) is 5.68. The normalized spacial score (nSPS) is 17.3. The van der Waals surface area contributed by atoms with E-state index in [4.69, 9.17) is 14.2 Å². The predicted molar refractivity (Wildman–Crippen MR) is 120 cm³/mol. The van der Waals surface area contributed by atoms with Gasteiger partial charge in [0.2, 0.25) is 0 Å². The third-order valence-corrected chi connectivity index (χ3v) is 5.86. The summed E-state index contributed by atoms with van der Waals surface area (Å²) in [5, 5.41) is 8.34. The van der Waals surface area contributed by atoms with Crippen LogP contribution in [0, 0.1) is 0 Å². The number of benzene rings is 2. The number of hydrogen-bond acceptors (Lipinski definition) is 6. The fourth-order valence-corrected chi connectivity index (χ4v) is 4.08. The first-order valence-corrected chi connectivity index (χ1v) is 10.9. The van der Waals surface area contributed by atoms with Crippen LogP contribution in [0.1, 0.15) is 30.5 Å². The fourth-order valence-electron chi connectivity index (χ4n) is 4.08. The van der Waals surface area contributed by atoms with Crippen molar-refractivity contribution in [3.05, 3.63) is 59.8 Å². The lowest BCUT2D eigenvalue weighted by Crippen LogP contribution is -2.16. The van der Waals surface area contributed by atoms with E-state index >= 15 is 0 Å². The summed E-state index contributed by atoms with van der Waals surface area (Å²) in [6, 6.07) is 10.2. The molecule has 1 fully saturated rings. The third-order valence-electron chi connectivity index (χ3n) is 5.86. The highest BCUT2D eigenvalue weighted by atomic mass is 19.4. The molecule has 1 aliphatic rings. The number of rotatable bonds is 6. The van der Waals surface area contributed by atoms with Crippen LogP contribution in [-0.4, -0.2) is 41.0 Å². The number of aromatic nitrogens is 3. The van der Waals surface area contributed by atoms with E-state index in [0.717, 1.165) is 24.1 Å². The molecule has 1 aliphatic heterocycles. The minimum absolute atomic E-state index is 0.0896. The first-order chi connectivity index (χ1) is 16.3. The number of hydrogen-bond donors (Lipinski definition) is 1. The van der Waals surface area contributed by atoms with Crippen molar-refractivity contribution in [2.45, 2.75) is 31.7 Å². The molecule has 5 rings (SSSR count). The van der Waals surface area contributed by atoms with Gasteiger partial charge in [-0.25, -0.2) is 9.50 Å². The van der Waals surface area contributed by atoms with Gasteiger partial charge in [-0.3, -0.25) is 0 Å². The van der Waals surface area contributed by atoms with Gasteiger partial charge in [-0.15, -0.1) is 0 Å². The molecule has 0 spiro atoms. The van der Waals surface area contributed by atoms with Crippen molar-refractivity contribution in [2.75, 3.05) is 25.6 Å². The summed E-state index contributed by atoms with van der Waals surface area (Å²) < 4.78 is 58.4. The summed E-state index contributed by atoms with van der Waals surface area (Å²) >= 11 is 0. The van der Waals surface area contributed by atoms with E-state index < -0.39 is 17.8 Å². The molecule has 1 saturated heterocycles. The van der Waals surface area contributed by atoms with Crippen LogP contribution in [0.2, 0.25) is 0 Å². The maximum absolute atomic E-state index is 13.2. The summed E-state index contributed by atoms with van der Waals surface area (Å²) in [5.41, 5.74) is 1.11. The number of anilines is 1. The molecule has 0 saturated carbocycles. The highest BCUT2D eigenvalue weighted by molar-refractivity contribution is 5.94. The molecule has 2 aromatic carbocycles. The Labute approximate surface area is 193 Å². The molecule has 7 nitrogen and oxygen atoms in total. The minimum Gasteiger partial charge on any atom is -0.493 e. The van der Waals surface area contributed by atoms with Crippen LogP contribution in [-0.2, 0) is 10.9 Å². The highest BCUT2D eigenvalue weighted by Crippen LogP contribution is 2.38. The Morgan fingerprint density at radius 1 is 1.18 bits per heavy atom. The topological polar surface area (TPSA) is 69.9 Å². The van der Waals surface area contributed by atoms with Gasteiger partial charge in [-0.1, -0.05) is 12.1 Å². The van der Waals surface area contributed by atoms with Crippen LogP contribution in [0.5, 0.6) is 11.5 Å². The van der Waals surface area contributed by atoms with Crippen LogP contribution in [0.25, 0.3) is 16.6 Å². The van der Waals surface area contributed by atoms with Crippen molar-refractivity contribution in [1.82, 2.24) is 14.6 Å². The van der Waals surface area contributed by atoms with Crippen LogP contribution in [0.3, 0.4) is 0 Å². The van der Waals surface area contributed by atoms with Crippen LogP contribution >= 0.6 is 0 Å². The summed E-state index contributed by atoms with van der Waals surface area (Å²) in [7, 11) is 1.57. The lowest BCUT2D eigenvalue weighted by atomic mass is 10.0. The lowest BCUT2D eigenvalue weighted by molar-refractivity contribution is -0.137. The van der Waals surface area contributed by atoms with E-state index in [9.17, 15) is 13.2 Å². The molecular weight excluding hydrogens is 449 g/mol. The van der Waals surface area contributed by atoms with Crippen LogP contribution in [0.15, 0.2) is 48.7 Å². The number of ether oxygens (including phenoxy) is 3. The minimum atomic E-state index is -4.41. The van der Waals surface area contributed by atoms with Crippen molar-refractivity contribution in [3.8, 4) is 11.5 Å². The van der Waals surface area contributed by atoms with E-state index in [1.54, 1.807) is 36.9 Å². The van der Waals surface area contributed by atoms with E-state index in [0.29, 0.717) is 47.1 Å². The monoisotopic (exact) mass is 472 g/mol. The van der Waals surface area contributed by atoms with Crippen LogP contribution in [0.4, 0.5) is 19.0 Å². The maximum Gasteiger partial charge on any atom is 0.416 e. The van der Waals surface area contributed by atoms with Gasteiger partial charge in [0.25, 0.3) is 0 Å². The Morgan fingerprint density at radius 2 is 2.03 bits per heavy atom. The SMILES string of the molecule is COc1cc2c(cc1O[C@H]1CCOC1)c(NC(C)c1cccc(C(F)(F)F)c1)nc1ccnn12. The second-order valence-electron chi connectivity index (χ2n) is 8.17. The lowest BCUT2D eigenvalue weighted by Gasteiger charge is -2.20. The second kappa shape index (κ2) is 8.68. The fraction of sp³-hybridized carbons (Fsp3) is 0.333. The van der Waals surface area contributed by atoms with E-state index in [-0.39, 0.29) is 6.10 Å².